The fourth-order valence-corrected chi connectivity index (χ4v) is 0.819. The zero-order valence-corrected chi connectivity index (χ0v) is 7.89. The van der Waals surface area contributed by atoms with Gasteiger partial charge in [0.05, 0.1) is 0 Å². The molecular formula is C9H11NO4. The minimum atomic E-state index is -0.574. The number of amides is 1. The lowest BCUT2D eigenvalue weighted by Gasteiger charge is -2.10. The molecule has 1 aromatic rings. The predicted molar refractivity (Wildman–Crippen MR) is 49.5 cm³/mol. The van der Waals surface area contributed by atoms with Crippen LogP contribution >= 0.6 is 0 Å². The summed E-state index contributed by atoms with van der Waals surface area (Å²) in [6.07, 6.45) is -0.574. The molecule has 0 radical (unpaired) electrons. The Bertz CT molecular complexity index is 328. The van der Waals surface area contributed by atoms with Crippen LogP contribution in [0.4, 0.5) is 4.79 Å². The van der Waals surface area contributed by atoms with Crippen LogP contribution in [-0.2, 0) is 0 Å². The van der Waals surface area contributed by atoms with Crippen LogP contribution in [0.15, 0.2) is 18.2 Å². The van der Waals surface area contributed by atoms with E-state index in [1.165, 1.54) is 31.1 Å². The van der Waals surface area contributed by atoms with Gasteiger partial charge in [-0.05, 0) is 0 Å². The summed E-state index contributed by atoms with van der Waals surface area (Å²) in [6, 6.07) is 3.62. The number of phenolic OH excluding ortho intramolecular Hbond substituents is 2. The molecule has 0 aliphatic rings. The Morgan fingerprint density at radius 3 is 2.14 bits per heavy atom. The largest absolute Gasteiger partial charge is 0.508 e. The summed E-state index contributed by atoms with van der Waals surface area (Å²) in [6.45, 7) is 0. The molecule has 1 aromatic carbocycles. The van der Waals surface area contributed by atoms with Crippen LogP contribution in [0.3, 0.4) is 0 Å². The van der Waals surface area contributed by atoms with Crippen molar-refractivity contribution < 1.29 is 19.7 Å². The topological polar surface area (TPSA) is 70.0 Å². The van der Waals surface area contributed by atoms with Crippen LogP contribution in [0.1, 0.15) is 0 Å². The lowest BCUT2D eigenvalue weighted by atomic mass is 10.3. The molecule has 5 nitrogen and oxygen atoms in total. The third-order valence-corrected chi connectivity index (χ3v) is 1.45. The summed E-state index contributed by atoms with van der Waals surface area (Å²) in [5, 5.41) is 18.2. The number of ether oxygens (including phenoxy) is 1. The number of hydrogen-bond acceptors (Lipinski definition) is 4. The van der Waals surface area contributed by atoms with E-state index >= 15 is 0 Å². The molecule has 0 aromatic heterocycles. The fraction of sp³-hybridized carbons (Fsp3) is 0.222. The molecule has 14 heavy (non-hydrogen) atoms. The number of benzene rings is 1. The Labute approximate surface area is 81.1 Å². The van der Waals surface area contributed by atoms with Crippen molar-refractivity contribution in [3.63, 3.8) is 0 Å². The van der Waals surface area contributed by atoms with E-state index in [-0.39, 0.29) is 17.2 Å². The maximum absolute atomic E-state index is 11.1. The zero-order valence-electron chi connectivity index (χ0n) is 7.89. The van der Waals surface area contributed by atoms with Gasteiger partial charge in [0.15, 0.2) is 0 Å². The Balaban J connectivity index is 2.82. The molecule has 1 rings (SSSR count). The first-order valence-corrected chi connectivity index (χ1v) is 3.91. The first-order chi connectivity index (χ1) is 6.49. The van der Waals surface area contributed by atoms with Gasteiger partial charge in [-0.1, -0.05) is 0 Å². The third-order valence-electron chi connectivity index (χ3n) is 1.45. The molecule has 0 aliphatic carbocycles. The predicted octanol–water partition coefficient (Wildman–Crippen LogP) is 1.16. The molecule has 0 fully saturated rings. The average molecular weight is 197 g/mol. The minimum Gasteiger partial charge on any atom is -0.508 e. The van der Waals surface area contributed by atoms with Gasteiger partial charge in [-0.2, -0.15) is 0 Å². The lowest BCUT2D eigenvalue weighted by molar-refractivity contribution is 0.171. The zero-order chi connectivity index (χ0) is 10.7. The number of carbonyl (C=O) groups excluding carboxylic acids is 1. The quantitative estimate of drug-likeness (QED) is 0.708. The van der Waals surface area contributed by atoms with Crippen molar-refractivity contribution in [1.29, 1.82) is 0 Å². The molecule has 0 bridgehead atoms. The lowest BCUT2D eigenvalue weighted by Crippen LogP contribution is -2.25. The van der Waals surface area contributed by atoms with Crippen LogP contribution in [0.25, 0.3) is 0 Å². The van der Waals surface area contributed by atoms with Gasteiger partial charge in [-0.15, -0.1) is 0 Å². The number of aromatic hydroxyl groups is 2. The SMILES string of the molecule is CN(C)C(=O)Oc1cc(O)cc(O)c1. The number of hydrogen-bond donors (Lipinski definition) is 2. The second-order valence-corrected chi connectivity index (χ2v) is 2.95. The van der Waals surface area contributed by atoms with Crippen LogP contribution in [0, 0.1) is 0 Å². The van der Waals surface area contributed by atoms with E-state index in [2.05, 4.69) is 0 Å². The second kappa shape index (κ2) is 3.87. The molecule has 0 unspecified atom stereocenters. The van der Waals surface area contributed by atoms with E-state index in [9.17, 15) is 4.79 Å². The summed E-state index contributed by atoms with van der Waals surface area (Å²) in [4.78, 5) is 12.3. The smallest absolute Gasteiger partial charge is 0.414 e. The highest BCUT2D eigenvalue weighted by Gasteiger charge is 2.08. The first kappa shape index (κ1) is 10.2. The molecule has 2 N–H and O–H groups in total. The maximum atomic E-state index is 11.1. The molecule has 76 valence electrons. The van der Waals surface area contributed by atoms with Gasteiger partial charge in [0, 0.05) is 32.3 Å². The van der Waals surface area contributed by atoms with E-state index in [1.54, 1.807) is 0 Å². The molecule has 0 aliphatic heterocycles. The Kier molecular flexibility index (Phi) is 2.81. The van der Waals surface area contributed by atoms with Crippen LogP contribution in [0.2, 0.25) is 0 Å². The number of carbonyl (C=O) groups is 1. The van der Waals surface area contributed by atoms with E-state index in [0.717, 1.165) is 6.07 Å². The second-order valence-electron chi connectivity index (χ2n) is 2.95. The van der Waals surface area contributed by atoms with Gasteiger partial charge in [0.25, 0.3) is 0 Å². The molecule has 0 spiro atoms. The standard InChI is InChI=1S/C9H11NO4/c1-10(2)9(13)14-8-4-6(11)3-7(12)5-8/h3-5,11-12H,1-2H3. The van der Waals surface area contributed by atoms with Gasteiger partial charge in [0.2, 0.25) is 0 Å². The molecule has 0 saturated carbocycles. The summed E-state index contributed by atoms with van der Waals surface area (Å²) in [7, 11) is 3.07. The summed E-state index contributed by atoms with van der Waals surface area (Å²) in [5.74, 6) is -0.223. The normalized spacial score (nSPS) is 9.57. The Hall–Kier alpha value is -1.91. The molecule has 5 heteroatoms. The van der Waals surface area contributed by atoms with Crippen molar-refractivity contribution in [2.45, 2.75) is 0 Å². The average Bonchev–Trinajstić information content (AvgIpc) is 2.01. The van der Waals surface area contributed by atoms with Gasteiger partial charge in [0.1, 0.15) is 17.2 Å². The summed E-state index contributed by atoms with van der Waals surface area (Å²) in [5.41, 5.74) is 0. The van der Waals surface area contributed by atoms with E-state index in [0.29, 0.717) is 0 Å². The summed E-state index contributed by atoms with van der Waals surface area (Å²) < 4.78 is 4.80. The highest BCUT2D eigenvalue weighted by molar-refractivity contribution is 5.70. The molecule has 0 atom stereocenters. The molecule has 0 saturated heterocycles. The van der Waals surface area contributed by atoms with Crippen LogP contribution in [-0.4, -0.2) is 35.3 Å². The van der Waals surface area contributed by atoms with Gasteiger partial charge < -0.3 is 19.8 Å². The number of phenols is 2. The van der Waals surface area contributed by atoms with Gasteiger partial charge in [-0.25, -0.2) is 4.79 Å². The van der Waals surface area contributed by atoms with Crippen LogP contribution < -0.4 is 4.74 Å². The molecule has 1 amide bonds. The van der Waals surface area contributed by atoms with Crippen molar-refractivity contribution >= 4 is 6.09 Å². The van der Waals surface area contributed by atoms with Gasteiger partial charge >= 0.3 is 6.09 Å². The van der Waals surface area contributed by atoms with Crippen LogP contribution in [0.5, 0.6) is 17.2 Å². The minimum absolute atomic E-state index is 0.0983. The maximum Gasteiger partial charge on any atom is 0.414 e. The van der Waals surface area contributed by atoms with Crippen molar-refractivity contribution in [2.24, 2.45) is 0 Å². The fourth-order valence-electron chi connectivity index (χ4n) is 0.819. The Morgan fingerprint density at radius 1 is 1.21 bits per heavy atom. The highest BCUT2D eigenvalue weighted by atomic mass is 16.6. The van der Waals surface area contributed by atoms with Crippen molar-refractivity contribution in [3.05, 3.63) is 18.2 Å². The number of nitrogens with zero attached hydrogens (tertiary/aromatic N) is 1. The van der Waals surface area contributed by atoms with Crippen molar-refractivity contribution in [3.8, 4) is 17.2 Å². The third kappa shape index (κ3) is 2.55. The Morgan fingerprint density at radius 2 is 1.71 bits per heavy atom. The van der Waals surface area contributed by atoms with E-state index < -0.39 is 6.09 Å². The first-order valence-electron chi connectivity index (χ1n) is 3.91. The molecular weight excluding hydrogens is 186 g/mol. The highest BCUT2D eigenvalue weighted by Crippen LogP contribution is 2.25. The molecule has 0 heterocycles. The van der Waals surface area contributed by atoms with E-state index in [1.807, 2.05) is 0 Å². The summed E-state index contributed by atoms with van der Waals surface area (Å²) >= 11 is 0. The van der Waals surface area contributed by atoms with Crippen molar-refractivity contribution in [2.75, 3.05) is 14.1 Å². The van der Waals surface area contributed by atoms with Crippen molar-refractivity contribution in [1.82, 2.24) is 4.90 Å². The monoisotopic (exact) mass is 197 g/mol. The van der Waals surface area contributed by atoms with E-state index in [4.69, 9.17) is 14.9 Å². The van der Waals surface area contributed by atoms with Gasteiger partial charge in [-0.3, -0.25) is 0 Å². The number of rotatable bonds is 1.